The van der Waals surface area contributed by atoms with Gasteiger partial charge in [-0.15, -0.1) is 0 Å². The minimum absolute atomic E-state index is 0.164. The molecule has 0 unspecified atom stereocenters. The first-order chi connectivity index (χ1) is 7.54. The monoisotopic (exact) mass is 301 g/mol. The molecule has 0 aliphatic heterocycles. The van der Waals surface area contributed by atoms with Gasteiger partial charge in [0.2, 0.25) is 0 Å². The first-order valence-corrected chi connectivity index (χ1v) is 5.94. The summed E-state index contributed by atoms with van der Waals surface area (Å²) in [6, 6.07) is 3.43. The summed E-state index contributed by atoms with van der Waals surface area (Å²) in [5.41, 5.74) is 5.81. The van der Waals surface area contributed by atoms with Crippen LogP contribution >= 0.6 is 28.1 Å². The average Bonchev–Trinajstić information content (AvgIpc) is 2.25. The second-order valence-electron chi connectivity index (χ2n) is 3.15. The van der Waals surface area contributed by atoms with Gasteiger partial charge in [-0.05, 0) is 35.0 Å². The molecule has 2 N–H and O–H groups in total. The minimum Gasteiger partial charge on any atom is -0.392 e. The van der Waals surface area contributed by atoms with Gasteiger partial charge in [0.05, 0.1) is 11.5 Å². The van der Waals surface area contributed by atoms with Gasteiger partial charge in [0.15, 0.2) is 0 Å². The molecule has 1 heterocycles. The maximum Gasteiger partial charge on any atom is 0.272 e. The lowest BCUT2D eigenvalue weighted by molar-refractivity contribution is 0.0782. The highest BCUT2D eigenvalue weighted by Crippen LogP contribution is 2.09. The minimum atomic E-state index is -0.164. The van der Waals surface area contributed by atoms with Gasteiger partial charge >= 0.3 is 0 Å². The second-order valence-corrected chi connectivity index (χ2v) is 4.59. The summed E-state index contributed by atoms with van der Waals surface area (Å²) in [5.74, 6) is -0.164. The number of carbonyl (C=O) groups excluding carboxylic acids is 1. The van der Waals surface area contributed by atoms with E-state index in [0.717, 1.165) is 4.47 Å². The Labute approximate surface area is 108 Å². The molecule has 0 fully saturated rings. The topological polar surface area (TPSA) is 59.2 Å². The Hall–Kier alpha value is -1.01. The maximum absolute atomic E-state index is 12.0. The first kappa shape index (κ1) is 13.1. The predicted molar refractivity (Wildman–Crippen MR) is 70.3 cm³/mol. The van der Waals surface area contributed by atoms with Crippen molar-refractivity contribution in [2.75, 3.05) is 13.1 Å². The fourth-order valence-corrected chi connectivity index (χ4v) is 1.57. The van der Waals surface area contributed by atoms with Crippen molar-refractivity contribution in [1.82, 2.24) is 9.88 Å². The van der Waals surface area contributed by atoms with Crippen LogP contribution in [-0.4, -0.2) is 33.9 Å². The summed E-state index contributed by atoms with van der Waals surface area (Å²) in [7, 11) is 0. The fourth-order valence-electron chi connectivity index (χ4n) is 1.18. The zero-order chi connectivity index (χ0) is 12.1. The smallest absolute Gasteiger partial charge is 0.272 e. The van der Waals surface area contributed by atoms with E-state index in [1.165, 1.54) is 0 Å². The third-order valence-electron chi connectivity index (χ3n) is 1.96. The summed E-state index contributed by atoms with van der Waals surface area (Å²) in [6.07, 6.45) is 1.59. The van der Waals surface area contributed by atoms with Crippen LogP contribution in [0.25, 0.3) is 0 Å². The number of carbonyl (C=O) groups is 1. The van der Waals surface area contributed by atoms with Gasteiger partial charge in [0.1, 0.15) is 5.69 Å². The quantitative estimate of drug-likeness (QED) is 0.858. The maximum atomic E-state index is 12.0. The van der Waals surface area contributed by atoms with Crippen LogP contribution in [-0.2, 0) is 0 Å². The molecule has 0 saturated carbocycles. The lowest BCUT2D eigenvalue weighted by Gasteiger charge is -2.19. The standard InChI is InChI=1S/C10H12BrN3OS/c1-2-14(6-9(12)16)10(15)8-4-3-7(11)5-13-8/h3-5H,2,6H2,1H3,(H2,12,16). The van der Waals surface area contributed by atoms with Crippen LogP contribution in [0, 0.1) is 0 Å². The molecule has 0 aliphatic rings. The lowest BCUT2D eigenvalue weighted by Crippen LogP contribution is -2.37. The Morgan fingerprint density at radius 3 is 2.75 bits per heavy atom. The van der Waals surface area contributed by atoms with Gasteiger partial charge in [0, 0.05) is 17.2 Å². The van der Waals surface area contributed by atoms with Gasteiger partial charge in [-0.3, -0.25) is 4.79 Å². The number of halogens is 1. The summed E-state index contributed by atoms with van der Waals surface area (Å²) in [5, 5.41) is 0. The van der Waals surface area contributed by atoms with E-state index < -0.39 is 0 Å². The van der Waals surface area contributed by atoms with Gasteiger partial charge in [-0.1, -0.05) is 12.2 Å². The number of nitrogens with zero attached hydrogens (tertiary/aromatic N) is 2. The Kier molecular flexibility index (Phi) is 4.82. The van der Waals surface area contributed by atoms with Crippen molar-refractivity contribution in [3.63, 3.8) is 0 Å². The normalized spacial score (nSPS) is 9.88. The zero-order valence-corrected chi connectivity index (χ0v) is 11.2. The van der Waals surface area contributed by atoms with Crippen molar-refractivity contribution in [3.05, 3.63) is 28.5 Å². The molecule has 16 heavy (non-hydrogen) atoms. The Bertz CT molecular complexity index is 394. The number of likely N-dealkylation sites (N-methyl/N-ethyl adjacent to an activating group) is 1. The van der Waals surface area contributed by atoms with E-state index in [-0.39, 0.29) is 12.5 Å². The van der Waals surface area contributed by atoms with E-state index in [1.807, 2.05) is 6.92 Å². The van der Waals surface area contributed by atoms with E-state index in [1.54, 1.807) is 23.2 Å². The van der Waals surface area contributed by atoms with Crippen molar-refractivity contribution in [2.45, 2.75) is 6.92 Å². The number of amides is 1. The summed E-state index contributed by atoms with van der Waals surface area (Å²) < 4.78 is 0.835. The van der Waals surface area contributed by atoms with Crippen LogP contribution in [0.4, 0.5) is 0 Å². The Morgan fingerprint density at radius 1 is 1.62 bits per heavy atom. The van der Waals surface area contributed by atoms with Gasteiger partial charge in [-0.25, -0.2) is 4.98 Å². The molecule has 1 rings (SSSR count). The predicted octanol–water partition coefficient (Wildman–Crippen LogP) is 1.59. The van der Waals surface area contributed by atoms with Crippen LogP contribution in [0.15, 0.2) is 22.8 Å². The molecule has 1 aromatic rings. The van der Waals surface area contributed by atoms with Crippen molar-refractivity contribution >= 4 is 39.0 Å². The Morgan fingerprint density at radius 2 is 2.31 bits per heavy atom. The molecular formula is C10H12BrN3OS. The number of aromatic nitrogens is 1. The number of rotatable bonds is 4. The molecule has 0 aliphatic carbocycles. The molecule has 86 valence electrons. The van der Waals surface area contributed by atoms with E-state index >= 15 is 0 Å². The molecule has 4 nitrogen and oxygen atoms in total. The number of hydrogen-bond acceptors (Lipinski definition) is 3. The molecule has 0 aromatic carbocycles. The van der Waals surface area contributed by atoms with Crippen molar-refractivity contribution in [1.29, 1.82) is 0 Å². The number of nitrogens with two attached hydrogens (primary N) is 1. The lowest BCUT2D eigenvalue weighted by atomic mass is 10.3. The van der Waals surface area contributed by atoms with Crippen LogP contribution in [0.3, 0.4) is 0 Å². The van der Waals surface area contributed by atoms with Gasteiger partial charge in [-0.2, -0.15) is 0 Å². The van der Waals surface area contributed by atoms with Crippen LogP contribution in [0.2, 0.25) is 0 Å². The van der Waals surface area contributed by atoms with E-state index in [2.05, 4.69) is 20.9 Å². The number of thiocarbonyl (C=S) groups is 1. The first-order valence-electron chi connectivity index (χ1n) is 4.73. The van der Waals surface area contributed by atoms with Crippen molar-refractivity contribution < 1.29 is 4.79 Å². The average molecular weight is 302 g/mol. The molecule has 0 atom stereocenters. The molecule has 0 radical (unpaired) electrons. The zero-order valence-electron chi connectivity index (χ0n) is 8.81. The third kappa shape index (κ3) is 3.53. The third-order valence-corrected chi connectivity index (χ3v) is 2.56. The molecule has 1 amide bonds. The van der Waals surface area contributed by atoms with Crippen LogP contribution < -0.4 is 5.73 Å². The molecule has 1 aromatic heterocycles. The van der Waals surface area contributed by atoms with Crippen molar-refractivity contribution in [3.8, 4) is 0 Å². The van der Waals surface area contributed by atoms with Gasteiger partial charge < -0.3 is 10.6 Å². The number of pyridine rings is 1. The Balaban J connectivity index is 2.82. The highest BCUT2D eigenvalue weighted by Gasteiger charge is 2.15. The summed E-state index contributed by atoms with van der Waals surface area (Å²) in [4.78, 5) is 17.8. The van der Waals surface area contributed by atoms with E-state index in [0.29, 0.717) is 17.2 Å². The molecule has 0 bridgehead atoms. The number of hydrogen-bond donors (Lipinski definition) is 1. The van der Waals surface area contributed by atoms with Crippen LogP contribution in [0.5, 0.6) is 0 Å². The van der Waals surface area contributed by atoms with Crippen LogP contribution in [0.1, 0.15) is 17.4 Å². The van der Waals surface area contributed by atoms with Gasteiger partial charge in [0.25, 0.3) is 5.91 Å². The van der Waals surface area contributed by atoms with Crippen molar-refractivity contribution in [2.24, 2.45) is 5.73 Å². The second kappa shape index (κ2) is 5.91. The van der Waals surface area contributed by atoms with E-state index in [4.69, 9.17) is 18.0 Å². The molecule has 0 spiro atoms. The molecule has 6 heteroatoms. The highest BCUT2D eigenvalue weighted by molar-refractivity contribution is 9.10. The largest absolute Gasteiger partial charge is 0.392 e. The highest BCUT2D eigenvalue weighted by atomic mass is 79.9. The molecule has 0 saturated heterocycles. The summed E-state index contributed by atoms with van der Waals surface area (Å²) in [6.45, 7) is 2.70. The summed E-state index contributed by atoms with van der Waals surface area (Å²) >= 11 is 8.04. The molecular weight excluding hydrogens is 290 g/mol. The van der Waals surface area contributed by atoms with E-state index in [9.17, 15) is 4.79 Å². The SMILES string of the molecule is CCN(CC(N)=S)C(=O)c1ccc(Br)cn1. The fraction of sp³-hybridized carbons (Fsp3) is 0.300.